The molecule has 1 aromatic carbocycles. The monoisotopic (exact) mass is 339 g/mol. The van der Waals surface area contributed by atoms with Crippen LogP contribution in [0.25, 0.3) is 0 Å². The Morgan fingerprint density at radius 2 is 1.86 bits per heavy atom. The lowest BCUT2D eigenvalue weighted by Crippen LogP contribution is -2.43. The number of hydrogen-bond donors (Lipinski definition) is 1. The molecule has 0 aromatic heterocycles. The van der Waals surface area contributed by atoms with Crippen LogP contribution in [0.1, 0.15) is 40.0 Å². The van der Waals surface area contributed by atoms with Crippen molar-refractivity contribution in [2.75, 3.05) is 5.32 Å². The first-order valence-electron chi connectivity index (χ1n) is 7.44. The second-order valence-electron chi connectivity index (χ2n) is 7.22. The Kier molecular flexibility index (Phi) is 3.39. The minimum Gasteiger partial charge on any atom is -0.324 e. The lowest BCUT2D eigenvalue weighted by atomic mass is 9.64. The number of carbonyl (C=O) groups excluding carboxylic acids is 2. The summed E-state index contributed by atoms with van der Waals surface area (Å²) in [5.74, 6) is 0.0809. The van der Waals surface area contributed by atoms with Crippen molar-refractivity contribution in [3.8, 4) is 0 Å². The van der Waals surface area contributed by atoms with Crippen molar-refractivity contribution < 1.29 is 9.59 Å². The van der Waals surface area contributed by atoms with Crippen molar-refractivity contribution in [3.63, 3.8) is 0 Å². The molecular formula is C17H19Cl2NO2. The molecule has 2 bridgehead atoms. The van der Waals surface area contributed by atoms with E-state index in [1.54, 1.807) is 18.2 Å². The van der Waals surface area contributed by atoms with Crippen molar-refractivity contribution in [2.24, 2.45) is 16.2 Å². The van der Waals surface area contributed by atoms with Gasteiger partial charge in [0.1, 0.15) is 5.78 Å². The quantitative estimate of drug-likeness (QED) is 0.847. The van der Waals surface area contributed by atoms with Gasteiger partial charge in [-0.3, -0.25) is 9.59 Å². The molecule has 5 heteroatoms. The van der Waals surface area contributed by atoms with Gasteiger partial charge in [-0.05, 0) is 36.5 Å². The predicted molar refractivity (Wildman–Crippen MR) is 88.3 cm³/mol. The fraction of sp³-hybridized carbons (Fsp3) is 0.529. The maximum atomic E-state index is 13.0. The van der Waals surface area contributed by atoms with E-state index in [9.17, 15) is 9.59 Å². The largest absolute Gasteiger partial charge is 0.324 e. The number of fused-ring (bicyclic) bond motifs is 2. The number of nitrogens with one attached hydrogen (secondary N) is 1. The number of ketones is 1. The second-order valence-corrected chi connectivity index (χ2v) is 8.06. The van der Waals surface area contributed by atoms with Crippen molar-refractivity contribution in [3.05, 3.63) is 28.2 Å². The molecule has 2 atom stereocenters. The minimum absolute atomic E-state index is 0.115. The number of hydrogen-bond acceptors (Lipinski definition) is 2. The van der Waals surface area contributed by atoms with Crippen molar-refractivity contribution >= 4 is 40.6 Å². The number of amides is 1. The van der Waals surface area contributed by atoms with Gasteiger partial charge in [0.15, 0.2) is 0 Å². The van der Waals surface area contributed by atoms with Crippen LogP contribution in [0.5, 0.6) is 0 Å². The van der Waals surface area contributed by atoms with Crippen molar-refractivity contribution in [1.29, 1.82) is 0 Å². The first-order valence-corrected chi connectivity index (χ1v) is 8.19. The highest BCUT2D eigenvalue weighted by Crippen LogP contribution is 2.70. The third-order valence-corrected chi connectivity index (χ3v) is 6.87. The summed E-state index contributed by atoms with van der Waals surface area (Å²) in [4.78, 5) is 25.4. The SMILES string of the molecule is CC1(C)[C@]2(C(=O)Nc3ccc(Cl)cc3Cl)CC[C@]1(C)C(=O)C2. The van der Waals surface area contributed by atoms with E-state index in [0.29, 0.717) is 22.2 Å². The Bertz CT molecular complexity index is 685. The highest BCUT2D eigenvalue weighted by molar-refractivity contribution is 6.36. The molecule has 2 aliphatic rings. The summed E-state index contributed by atoms with van der Waals surface area (Å²) in [6, 6.07) is 4.97. The van der Waals surface area contributed by atoms with Gasteiger partial charge in [-0.2, -0.15) is 0 Å². The summed E-state index contributed by atoms with van der Waals surface area (Å²) in [7, 11) is 0. The zero-order valence-electron chi connectivity index (χ0n) is 12.9. The Hall–Kier alpha value is -1.06. The lowest BCUT2D eigenvalue weighted by Gasteiger charge is -2.38. The van der Waals surface area contributed by atoms with Crippen LogP contribution < -0.4 is 5.32 Å². The summed E-state index contributed by atoms with van der Waals surface area (Å²) in [5, 5.41) is 3.83. The molecular weight excluding hydrogens is 321 g/mol. The van der Waals surface area contributed by atoms with E-state index in [1.807, 2.05) is 20.8 Å². The summed E-state index contributed by atoms with van der Waals surface area (Å²) in [6.45, 7) is 6.06. The van der Waals surface area contributed by atoms with Gasteiger partial charge in [0.25, 0.3) is 0 Å². The summed E-state index contributed by atoms with van der Waals surface area (Å²) >= 11 is 12.0. The van der Waals surface area contributed by atoms with E-state index in [-0.39, 0.29) is 17.1 Å². The van der Waals surface area contributed by atoms with Gasteiger partial charge in [-0.25, -0.2) is 0 Å². The first kappa shape index (κ1) is 15.8. The second kappa shape index (κ2) is 4.72. The van der Waals surface area contributed by atoms with Gasteiger partial charge < -0.3 is 5.32 Å². The Labute approximate surface area is 140 Å². The van der Waals surface area contributed by atoms with Crippen LogP contribution in [0.4, 0.5) is 5.69 Å². The molecule has 22 heavy (non-hydrogen) atoms. The highest BCUT2D eigenvalue weighted by atomic mass is 35.5. The van der Waals surface area contributed by atoms with E-state index in [1.165, 1.54) is 0 Å². The van der Waals surface area contributed by atoms with E-state index < -0.39 is 10.8 Å². The number of halogens is 2. The number of rotatable bonds is 2. The standard InChI is InChI=1S/C17H19Cl2NO2/c1-15(2)16(3)6-7-17(15,9-13(16)21)14(22)20-12-5-4-10(18)8-11(12)19/h4-5,8H,6-7,9H2,1-3H3,(H,20,22)/t16-,17-/m1/s1. The lowest BCUT2D eigenvalue weighted by molar-refractivity contribution is -0.131. The van der Waals surface area contributed by atoms with Gasteiger partial charge in [0.2, 0.25) is 5.91 Å². The van der Waals surface area contributed by atoms with Crippen LogP contribution in [0, 0.1) is 16.2 Å². The van der Waals surface area contributed by atoms with Crippen LogP contribution in [0.2, 0.25) is 10.0 Å². The van der Waals surface area contributed by atoms with Crippen LogP contribution in [-0.4, -0.2) is 11.7 Å². The zero-order valence-corrected chi connectivity index (χ0v) is 14.4. The van der Waals surface area contributed by atoms with E-state index in [4.69, 9.17) is 23.2 Å². The van der Waals surface area contributed by atoms with Gasteiger partial charge >= 0.3 is 0 Å². The van der Waals surface area contributed by atoms with Crippen LogP contribution in [-0.2, 0) is 9.59 Å². The molecule has 0 heterocycles. The maximum absolute atomic E-state index is 13.0. The topological polar surface area (TPSA) is 46.2 Å². The third-order valence-electron chi connectivity index (χ3n) is 6.32. The fourth-order valence-corrected chi connectivity index (χ4v) is 4.65. The number of Topliss-reactive ketones (excluding diaryl/α,β-unsaturated/α-hetero) is 1. The molecule has 3 nitrogen and oxygen atoms in total. The molecule has 2 aliphatic carbocycles. The summed E-state index contributed by atoms with van der Waals surface area (Å²) < 4.78 is 0. The van der Waals surface area contributed by atoms with Gasteiger partial charge in [0, 0.05) is 16.9 Å². The molecule has 0 radical (unpaired) electrons. The molecule has 0 aliphatic heterocycles. The molecule has 1 aromatic rings. The first-order chi connectivity index (χ1) is 10.1. The highest BCUT2D eigenvalue weighted by Gasteiger charge is 2.72. The molecule has 3 rings (SSSR count). The van der Waals surface area contributed by atoms with Gasteiger partial charge in [0.05, 0.1) is 16.1 Å². The van der Waals surface area contributed by atoms with Gasteiger partial charge in [-0.1, -0.05) is 44.0 Å². The van der Waals surface area contributed by atoms with Crippen molar-refractivity contribution in [2.45, 2.75) is 40.0 Å². The molecule has 1 N–H and O–H groups in total. The number of anilines is 1. The van der Waals surface area contributed by atoms with E-state index in [2.05, 4.69) is 5.32 Å². The average molecular weight is 340 g/mol. The zero-order chi connectivity index (χ0) is 16.3. The average Bonchev–Trinajstić information content (AvgIpc) is 2.72. The van der Waals surface area contributed by atoms with Crippen LogP contribution >= 0.6 is 23.2 Å². The number of benzene rings is 1. The Morgan fingerprint density at radius 1 is 1.18 bits per heavy atom. The molecule has 118 valence electrons. The van der Waals surface area contributed by atoms with Crippen LogP contribution in [0.3, 0.4) is 0 Å². The summed E-state index contributed by atoms with van der Waals surface area (Å²) in [6.07, 6.45) is 1.81. The Balaban J connectivity index is 1.94. The number of carbonyl (C=O) groups is 2. The van der Waals surface area contributed by atoms with Crippen LogP contribution in [0.15, 0.2) is 18.2 Å². The molecule has 0 unspecified atom stereocenters. The summed E-state index contributed by atoms with van der Waals surface area (Å²) in [5.41, 5.74) is -0.884. The van der Waals surface area contributed by atoms with Crippen molar-refractivity contribution in [1.82, 2.24) is 0 Å². The molecule has 0 saturated heterocycles. The molecule has 0 spiro atoms. The van der Waals surface area contributed by atoms with E-state index >= 15 is 0 Å². The molecule has 2 saturated carbocycles. The normalized spacial score (nSPS) is 32.3. The minimum atomic E-state index is -0.651. The molecule has 1 amide bonds. The van der Waals surface area contributed by atoms with E-state index in [0.717, 1.165) is 12.8 Å². The smallest absolute Gasteiger partial charge is 0.231 e. The Morgan fingerprint density at radius 3 is 2.36 bits per heavy atom. The fourth-order valence-electron chi connectivity index (χ4n) is 4.19. The molecule has 2 fully saturated rings. The van der Waals surface area contributed by atoms with Gasteiger partial charge in [-0.15, -0.1) is 0 Å². The third kappa shape index (κ3) is 1.82. The maximum Gasteiger partial charge on any atom is 0.231 e. The predicted octanol–water partition coefficient (Wildman–Crippen LogP) is 4.72.